The third-order valence-electron chi connectivity index (χ3n) is 3.69. The van der Waals surface area contributed by atoms with Crippen LogP contribution in [0.4, 0.5) is 13.2 Å². The summed E-state index contributed by atoms with van der Waals surface area (Å²) in [6.07, 6.45) is -2.92. The van der Waals surface area contributed by atoms with Crippen molar-refractivity contribution in [2.75, 3.05) is 26.8 Å². The molecule has 0 aromatic carbocycles. The zero-order chi connectivity index (χ0) is 18.7. The van der Waals surface area contributed by atoms with E-state index in [1.807, 2.05) is 0 Å². The van der Waals surface area contributed by atoms with Gasteiger partial charge in [-0.2, -0.15) is 13.2 Å². The molecular weight excluding hydrogens is 363 g/mol. The van der Waals surface area contributed by atoms with Crippen molar-refractivity contribution in [2.24, 2.45) is 0 Å². The average molecular weight is 381 g/mol. The van der Waals surface area contributed by atoms with E-state index in [0.717, 1.165) is 12.3 Å². The Labute approximate surface area is 143 Å². The summed E-state index contributed by atoms with van der Waals surface area (Å²) in [6.45, 7) is 0.366. The molecule has 1 fully saturated rings. The van der Waals surface area contributed by atoms with E-state index in [2.05, 4.69) is 9.71 Å². The summed E-state index contributed by atoms with van der Waals surface area (Å²) >= 11 is 0. The van der Waals surface area contributed by atoms with Crippen molar-refractivity contribution < 1.29 is 31.1 Å². The molecule has 1 aromatic rings. The van der Waals surface area contributed by atoms with Gasteiger partial charge in [0.25, 0.3) is 10.0 Å². The minimum Gasteiger partial charge on any atom is -0.375 e. The molecule has 1 aliphatic heterocycles. The van der Waals surface area contributed by atoms with Crippen LogP contribution in [0.3, 0.4) is 0 Å². The van der Waals surface area contributed by atoms with Crippen LogP contribution in [0.15, 0.2) is 23.4 Å². The topological polar surface area (TPSA) is 88.6 Å². The number of methoxy groups -OCH3 is 1. The van der Waals surface area contributed by atoms with Gasteiger partial charge in [0, 0.05) is 32.4 Å². The second-order valence-electron chi connectivity index (χ2n) is 5.59. The largest absolute Gasteiger partial charge is 0.419 e. The summed E-state index contributed by atoms with van der Waals surface area (Å²) in [7, 11) is -3.12. The highest BCUT2D eigenvalue weighted by molar-refractivity contribution is 7.89. The molecule has 140 valence electrons. The number of sulfonamides is 1. The molecule has 2 rings (SSSR count). The lowest BCUT2D eigenvalue weighted by molar-refractivity contribution is -0.140. The van der Waals surface area contributed by atoms with Crippen LogP contribution in [-0.2, 0) is 25.7 Å². The number of piperidine rings is 1. The lowest BCUT2D eigenvalue weighted by Gasteiger charge is -2.32. The third kappa shape index (κ3) is 4.89. The Morgan fingerprint density at radius 3 is 2.84 bits per heavy atom. The first-order valence-corrected chi connectivity index (χ1v) is 8.94. The normalized spacial score (nSPS) is 19.0. The van der Waals surface area contributed by atoms with Gasteiger partial charge in [0.15, 0.2) is 5.03 Å². The first-order valence-electron chi connectivity index (χ1n) is 7.46. The van der Waals surface area contributed by atoms with Crippen molar-refractivity contribution in [3.63, 3.8) is 0 Å². The number of hydrogen-bond donors (Lipinski definition) is 1. The van der Waals surface area contributed by atoms with Crippen molar-refractivity contribution in [2.45, 2.75) is 30.1 Å². The maximum absolute atomic E-state index is 13.0. The van der Waals surface area contributed by atoms with E-state index in [0.29, 0.717) is 25.5 Å². The molecule has 11 heteroatoms. The van der Waals surface area contributed by atoms with Gasteiger partial charge in [-0.25, -0.2) is 18.1 Å². The second-order valence-corrected chi connectivity index (χ2v) is 7.22. The molecule has 25 heavy (non-hydrogen) atoms. The van der Waals surface area contributed by atoms with E-state index < -0.39 is 32.8 Å². The number of carbonyl (C=O) groups is 1. The predicted octanol–water partition coefficient (Wildman–Crippen LogP) is 1.02. The third-order valence-corrected chi connectivity index (χ3v) is 5.17. The van der Waals surface area contributed by atoms with E-state index in [9.17, 15) is 26.4 Å². The summed E-state index contributed by atoms with van der Waals surface area (Å²) < 4.78 is 70.7. The van der Waals surface area contributed by atoms with Gasteiger partial charge >= 0.3 is 6.18 Å². The molecule has 1 aromatic heterocycles. The van der Waals surface area contributed by atoms with Gasteiger partial charge in [0.2, 0.25) is 5.91 Å². The van der Waals surface area contributed by atoms with E-state index in [1.165, 1.54) is 12.0 Å². The smallest absolute Gasteiger partial charge is 0.375 e. The summed E-state index contributed by atoms with van der Waals surface area (Å²) in [5.74, 6) is -0.305. The molecule has 1 atom stereocenters. The maximum atomic E-state index is 13.0. The van der Waals surface area contributed by atoms with Crippen LogP contribution in [0.5, 0.6) is 0 Å². The lowest BCUT2D eigenvalue weighted by atomic mass is 10.1. The summed E-state index contributed by atoms with van der Waals surface area (Å²) in [5, 5.41) is -1.07. The van der Waals surface area contributed by atoms with Gasteiger partial charge in [0.1, 0.15) is 6.61 Å². The number of ether oxygens (including phenoxy) is 1. The molecule has 1 aliphatic rings. The number of pyridine rings is 1. The highest BCUT2D eigenvalue weighted by Crippen LogP contribution is 2.33. The van der Waals surface area contributed by atoms with E-state index in [1.54, 1.807) is 0 Å². The van der Waals surface area contributed by atoms with Gasteiger partial charge in [-0.1, -0.05) is 0 Å². The number of nitrogens with one attached hydrogen (secondary N) is 1. The second kappa shape index (κ2) is 7.67. The summed E-state index contributed by atoms with van der Waals surface area (Å²) in [6, 6.07) is 0.993. The monoisotopic (exact) mass is 381 g/mol. The van der Waals surface area contributed by atoms with Gasteiger partial charge in [-0.05, 0) is 25.0 Å². The zero-order valence-electron chi connectivity index (χ0n) is 13.4. The molecule has 0 spiro atoms. The Kier molecular flexibility index (Phi) is 6.01. The highest BCUT2D eigenvalue weighted by Gasteiger charge is 2.39. The Hall–Kier alpha value is -1.72. The van der Waals surface area contributed by atoms with Crippen molar-refractivity contribution in [1.82, 2.24) is 14.6 Å². The molecule has 1 unspecified atom stereocenters. The number of alkyl halides is 3. The number of aromatic nitrogens is 1. The molecule has 1 amide bonds. The Bertz CT molecular complexity index is 724. The van der Waals surface area contributed by atoms with Crippen LogP contribution < -0.4 is 4.72 Å². The van der Waals surface area contributed by atoms with E-state index >= 15 is 0 Å². The number of carbonyl (C=O) groups excluding carboxylic acids is 1. The standard InChI is InChI=1S/C14H18F3N3O4S/c1-24-9-12(21)20-7-3-4-10(8-20)19-25(22,23)13-11(14(15,16)17)5-2-6-18-13/h2,5-6,10,19H,3-4,7-9H2,1H3. The van der Waals surface area contributed by atoms with Crippen molar-refractivity contribution in [3.8, 4) is 0 Å². The maximum Gasteiger partial charge on any atom is 0.419 e. The van der Waals surface area contributed by atoms with E-state index in [4.69, 9.17) is 4.74 Å². The SMILES string of the molecule is COCC(=O)N1CCCC(NS(=O)(=O)c2ncccc2C(F)(F)F)C1. The summed E-state index contributed by atoms with van der Waals surface area (Å²) in [5.41, 5.74) is -1.33. The Morgan fingerprint density at radius 2 is 2.20 bits per heavy atom. The van der Waals surface area contributed by atoms with Gasteiger partial charge in [-0.15, -0.1) is 0 Å². The minimum absolute atomic E-state index is 0.0651. The quantitative estimate of drug-likeness (QED) is 0.823. The zero-order valence-corrected chi connectivity index (χ0v) is 14.2. The number of hydrogen-bond acceptors (Lipinski definition) is 5. The van der Waals surface area contributed by atoms with Gasteiger partial charge in [-0.3, -0.25) is 4.79 Å². The average Bonchev–Trinajstić information content (AvgIpc) is 2.54. The molecule has 1 N–H and O–H groups in total. The molecule has 0 radical (unpaired) electrons. The number of likely N-dealkylation sites (tertiary alicyclic amines) is 1. The van der Waals surface area contributed by atoms with Crippen molar-refractivity contribution in [1.29, 1.82) is 0 Å². The molecule has 0 bridgehead atoms. The van der Waals surface area contributed by atoms with Crippen LogP contribution in [0.2, 0.25) is 0 Å². The Balaban J connectivity index is 2.18. The van der Waals surface area contributed by atoms with Crippen molar-refractivity contribution >= 4 is 15.9 Å². The van der Waals surface area contributed by atoms with Crippen LogP contribution in [0, 0.1) is 0 Å². The Morgan fingerprint density at radius 1 is 1.48 bits per heavy atom. The fourth-order valence-corrected chi connectivity index (χ4v) is 4.03. The fraction of sp³-hybridized carbons (Fsp3) is 0.571. The number of amides is 1. The number of halogens is 3. The first-order chi connectivity index (χ1) is 11.6. The number of nitrogens with zero attached hydrogens (tertiary/aromatic N) is 2. The van der Waals surface area contributed by atoms with Crippen LogP contribution in [0.1, 0.15) is 18.4 Å². The molecule has 1 saturated heterocycles. The number of rotatable bonds is 5. The molecule has 7 nitrogen and oxygen atoms in total. The lowest BCUT2D eigenvalue weighted by Crippen LogP contribution is -2.50. The molecule has 2 heterocycles. The van der Waals surface area contributed by atoms with Gasteiger partial charge in [0.05, 0.1) is 5.56 Å². The van der Waals surface area contributed by atoms with Crippen LogP contribution in [-0.4, -0.2) is 57.1 Å². The predicted molar refractivity (Wildman–Crippen MR) is 81.0 cm³/mol. The molecule has 0 aliphatic carbocycles. The fourth-order valence-electron chi connectivity index (χ4n) is 2.61. The van der Waals surface area contributed by atoms with Crippen LogP contribution >= 0.6 is 0 Å². The summed E-state index contributed by atoms with van der Waals surface area (Å²) in [4.78, 5) is 16.6. The highest BCUT2D eigenvalue weighted by atomic mass is 32.2. The molecular formula is C14H18F3N3O4S. The van der Waals surface area contributed by atoms with E-state index in [-0.39, 0.29) is 19.1 Å². The molecule has 0 saturated carbocycles. The first kappa shape index (κ1) is 19.6. The van der Waals surface area contributed by atoms with Crippen LogP contribution in [0.25, 0.3) is 0 Å². The van der Waals surface area contributed by atoms with Crippen molar-refractivity contribution in [3.05, 3.63) is 23.9 Å². The van der Waals surface area contributed by atoms with Gasteiger partial charge < -0.3 is 9.64 Å². The minimum atomic E-state index is -4.84.